The van der Waals surface area contributed by atoms with Crippen molar-refractivity contribution in [3.8, 4) is 17.2 Å². The highest BCUT2D eigenvalue weighted by atomic mass is 16.5. The number of methoxy groups -OCH3 is 3. The number of Topliss-reactive ketones (excluding diaryl/α,β-unsaturated/α-hetero) is 1. The number of nitrogens with zero attached hydrogens (tertiary/aromatic N) is 1. The summed E-state index contributed by atoms with van der Waals surface area (Å²) < 4.78 is 15.6. The highest BCUT2D eigenvalue weighted by Crippen LogP contribution is 2.45. The average Bonchev–Trinajstić information content (AvgIpc) is 2.72. The first-order valence-corrected chi connectivity index (χ1v) is 5.36. The quantitative estimate of drug-likeness (QED) is 0.759. The molecule has 0 radical (unpaired) electrons. The van der Waals surface area contributed by atoms with E-state index in [1.165, 1.54) is 21.3 Å². The van der Waals surface area contributed by atoms with Gasteiger partial charge in [-0.3, -0.25) is 4.79 Å². The van der Waals surface area contributed by atoms with E-state index in [2.05, 4.69) is 5.18 Å². The fourth-order valence-electron chi connectivity index (χ4n) is 2.19. The predicted molar refractivity (Wildman–Crippen MR) is 63.7 cm³/mol. The van der Waals surface area contributed by atoms with Crippen LogP contribution in [0.2, 0.25) is 0 Å². The van der Waals surface area contributed by atoms with Crippen molar-refractivity contribution >= 4 is 5.78 Å². The third kappa shape index (κ3) is 1.61. The smallest absolute Gasteiger partial charge is 0.204 e. The van der Waals surface area contributed by atoms with Crippen LogP contribution in [0.4, 0.5) is 0 Å². The van der Waals surface area contributed by atoms with E-state index in [1.807, 2.05) is 0 Å². The third-order valence-corrected chi connectivity index (χ3v) is 3.00. The maximum absolute atomic E-state index is 12.0. The molecule has 1 unspecified atom stereocenters. The van der Waals surface area contributed by atoms with Gasteiger partial charge in [-0.1, -0.05) is 5.18 Å². The lowest BCUT2D eigenvalue weighted by Crippen LogP contribution is -2.12. The van der Waals surface area contributed by atoms with Gasteiger partial charge in [-0.25, -0.2) is 0 Å². The largest absolute Gasteiger partial charge is 0.493 e. The zero-order valence-electron chi connectivity index (χ0n) is 10.4. The molecule has 0 amide bonds. The van der Waals surface area contributed by atoms with Crippen LogP contribution in [0.15, 0.2) is 11.2 Å². The molecule has 1 aliphatic carbocycles. The molecule has 18 heavy (non-hydrogen) atoms. The fraction of sp³-hybridized carbons (Fsp3) is 0.417. The molecule has 6 heteroatoms. The Morgan fingerprint density at radius 2 is 1.83 bits per heavy atom. The second kappa shape index (κ2) is 4.64. The molecule has 1 atom stereocenters. The molecule has 0 aliphatic heterocycles. The van der Waals surface area contributed by atoms with Crippen LogP contribution in [0.3, 0.4) is 0 Å². The Morgan fingerprint density at radius 1 is 1.17 bits per heavy atom. The molecule has 1 aromatic carbocycles. The van der Waals surface area contributed by atoms with Gasteiger partial charge in [0.15, 0.2) is 23.3 Å². The van der Waals surface area contributed by atoms with Crippen molar-refractivity contribution in [3.63, 3.8) is 0 Å². The van der Waals surface area contributed by atoms with Gasteiger partial charge in [0.05, 0.1) is 26.9 Å². The van der Waals surface area contributed by atoms with Crippen molar-refractivity contribution < 1.29 is 19.0 Å². The summed E-state index contributed by atoms with van der Waals surface area (Å²) in [7, 11) is 4.39. The minimum atomic E-state index is -0.884. The molecule has 0 spiro atoms. The molecule has 2 rings (SSSR count). The number of carbonyl (C=O) groups is 1. The molecular weight excluding hydrogens is 238 g/mol. The summed E-state index contributed by atoms with van der Waals surface area (Å²) in [6.07, 6.45) is 0.272. The number of nitroso groups, excluding NO2 is 1. The molecule has 0 N–H and O–H groups in total. The molecule has 0 bridgehead atoms. The maximum atomic E-state index is 12.0. The first kappa shape index (κ1) is 12.3. The average molecular weight is 251 g/mol. The molecule has 0 fully saturated rings. The van der Waals surface area contributed by atoms with E-state index in [-0.39, 0.29) is 12.2 Å². The minimum absolute atomic E-state index is 0.272. The first-order chi connectivity index (χ1) is 8.67. The van der Waals surface area contributed by atoms with E-state index in [4.69, 9.17) is 14.2 Å². The Bertz CT molecular complexity index is 512. The van der Waals surface area contributed by atoms with Crippen molar-refractivity contribution in [3.05, 3.63) is 22.1 Å². The summed E-state index contributed by atoms with van der Waals surface area (Å²) in [6, 6.07) is 0.797. The number of ether oxygens (including phenoxy) is 3. The SMILES string of the molecule is COc1cc2c(c(OC)c1OC)C(=O)C(N=O)C2. The van der Waals surface area contributed by atoms with Crippen LogP contribution >= 0.6 is 0 Å². The number of benzene rings is 1. The lowest BCUT2D eigenvalue weighted by atomic mass is 10.1. The van der Waals surface area contributed by atoms with E-state index in [1.54, 1.807) is 6.07 Å². The number of hydrogen-bond acceptors (Lipinski definition) is 6. The van der Waals surface area contributed by atoms with Crippen molar-refractivity contribution in [2.45, 2.75) is 12.5 Å². The summed E-state index contributed by atoms with van der Waals surface area (Å²) >= 11 is 0. The highest BCUT2D eigenvalue weighted by Gasteiger charge is 2.37. The molecular formula is C12H13NO5. The van der Waals surface area contributed by atoms with Crippen LogP contribution in [0.1, 0.15) is 15.9 Å². The Kier molecular flexibility index (Phi) is 3.18. The van der Waals surface area contributed by atoms with Crippen LogP contribution in [-0.2, 0) is 6.42 Å². The number of rotatable bonds is 4. The molecule has 0 saturated heterocycles. The van der Waals surface area contributed by atoms with Gasteiger partial charge in [0.1, 0.15) is 0 Å². The van der Waals surface area contributed by atoms with Crippen LogP contribution < -0.4 is 14.2 Å². The Morgan fingerprint density at radius 3 is 2.33 bits per heavy atom. The van der Waals surface area contributed by atoms with Gasteiger partial charge in [0.25, 0.3) is 0 Å². The predicted octanol–water partition coefficient (Wildman–Crippen LogP) is 1.59. The highest BCUT2D eigenvalue weighted by molar-refractivity contribution is 6.08. The minimum Gasteiger partial charge on any atom is -0.493 e. The fourth-order valence-corrected chi connectivity index (χ4v) is 2.19. The van der Waals surface area contributed by atoms with Gasteiger partial charge in [0.2, 0.25) is 5.75 Å². The van der Waals surface area contributed by atoms with Crippen molar-refractivity contribution in [2.75, 3.05) is 21.3 Å². The second-order valence-corrected chi connectivity index (χ2v) is 3.87. The van der Waals surface area contributed by atoms with E-state index >= 15 is 0 Å². The Labute approximate surface area is 104 Å². The van der Waals surface area contributed by atoms with Crippen LogP contribution in [-0.4, -0.2) is 33.2 Å². The summed E-state index contributed by atoms with van der Waals surface area (Å²) in [5, 5.41) is 2.83. The van der Waals surface area contributed by atoms with Crippen molar-refractivity contribution in [1.29, 1.82) is 0 Å². The van der Waals surface area contributed by atoms with Gasteiger partial charge >= 0.3 is 0 Å². The van der Waals surface area contributed by atoms with Crippen molar-refractivity contribution in [2.24, 2.45) is 5.18 Å². The van der Waals surface area contributed by atoms with Gasteiger partial charge < -0.3 is 14.2 Å². The molecule has 96 valence electrons. The van der Waals surface area contributed by atoms with E-state index in [0.717, 1.165) is 0 Å². The molecule has 6 nitrogen and oxygen atoms in total. The Hall–Kier alpha value is -2.11. The lowest BCUT2D eigenvalue weighted by Gasteiger charge is -2.14. The number of fused-ring (bicyclic) bond motifs is 1. The lowest BCUT2D eigenvalue weighted by molar-refractivity contribution is 0.0972. The molecule has 0 heterocycles. The maximum Gasteiger partial charge on any atom is 0.204 e. The molecule has 1 aromatic rings. The normalized spacial score (nSPS) is 17.3. The van der Waals surface area contributed by atoms with Crippen LogP contribution in [0.5, 0.6) is 17.2 Å². The van der Waals surface area contributed by atoms with Crippen LogP contribution in [0, 0.1) is 4.91 Å². The van der Waals surface area contributed by atoms with Gasteiger partial charge in [-0.15, -0.1) is 0 Å². The van der Waals surface area contributed by atoms with E-state index in [0.29, 0.717) is 28.4 Å². The number of ketones is 1. The monoisotopic (exact) mass is 251 g/mol. The van der Waals surface area contributed by atoms with E-state index in [9.17, 15) is 9.70 Å². The first-order valence-electron chi connectivity index (χ1n) is 5.36. The van der Waals surface area contributed by atoms with Gasteiger partial charge in [0, 0.05) is 6.42 Å². The zero-order chi connectivity index (χ0) is 13.3. The number of carbonyl (C=O) groups excluding carboxylic acids is 1. The molecule has 0 aromatic heterocycles. The van der Waals surface area contributed by atoms with E-state index < -0.39 is 6.04 Å². The van der Waals surface area contributed by atoms with Crippen molar-refractivity contribution in [1.82, 2.24) is 0 Å². The number of hydrogen-bond donors (Lipinski definition) is 0. The zero-order valence-corrected chi connectivity index (χ0v) is 10.4. The third-order valence-electron chi connectivity index (χ3n) is 3.00. The summed E-state index contributed by atoms with van der Waals surface area (Å²) in [5.41, 5.74) is 1.05. The topological polar surface area (TPSA) is 74.2 Å². The van der Waals surface area contributed by atoms with Crippen LogP contribution in [0.25, 0.3) is 0 Å². The molecule has 0 saturated carbocycles. The standard InChI is InChI=1S/C12H13NO5/c1-16-8-5-6-4-7(13-15)10(14)9(6)12(18-3)11(8)17-2/h5,7H,4H2,1-3H3. The summed E-state index contributed by atoms with van der Waals surface area (Å²) in [6.45, 7) is 0. The molecule has 1 aliphatic rings. The Balaban J connectivity index is 2.67. The second-order valence-electron chi connectivity index (χ2n) is 3.87. The summed E-state index contributed by atoms with van der Waals surface area (Å²) in [4.78, 5) is 22.6. The van der Waals surface area contributed by atoms with Gasteiger partial charge in [-0.05, 0) is 11.6 Å². The van der Waals surface area contributed by atoms with Gasteiger partial charge in [-0.2, -0.15) is 4.91 Å². The summed E-state index contributed by atoms with van der Waals surface area (Å²) in [5.74, 6) is 0.770.